The molecule has 9 atom stereocenters. The summed E-state index contributed by atoms with van der Waals surface area (Å²) in [7, 11) is 8.65. The Morgan fingerprint density at radius 1 is 0.977 bits per heavy atom. The second kappa shape index (κ2) is 32.5. The summed E-state index contributed by atoms with van der Waals surface area (Å²) < 4.78 is 34.8. The van der Waals surface area contributed by atoms with Crippen molar-refractivity contribution < 1.29 is 81.5 Å². The van der Waals surface area contributed by atoms with Gasteiger partial charge in [-0.2, -0.15) is 0 Å². The van der Waals surface area contributed by atoms with E-state index in [2.05, 4.69) is 26.6 Å². The molecule has 0 spiro atoms. The van der Waals surface area contributed by atoms with E-state index < -0.39 is 115 Å². The van der Waals surface area contributed by atoms with Gasteiger partial charge in [-0.05, 0) is 93.7 Å². The van der Waals surface area contributed by atoms with E-state index in [1.807, 2.05) is 13.0 Å². The number of allylic oxidation sites excluding steroid dienone is 3. The van der Waals surface area contributed by atoms with Gasteiger partial charge < -0.3 is 80.0 Å². The van der Waals surface area contributed by atoms with Crippen molar-refractivity contribution in [2.24, 2.45) is 17.6 Å². The van der Waals surface area contributed by atoms with Crippen LogP contribution in [0.15, 0.2) is 60.2 Å². The van der Waals surface area contributed by atoms with Gasteiger partial charge in [-0.3, -0.25) is 34.1 Å². The Kier molecular flexibility index (Phi) is 26.2. The molecule has 0 aliphatic carbocycles. The summed E-state index contributed by atoms with van der Waals surface area (Å²) in [6.07, 6.45) is 0.980. The molecule has 0 unspecified atom stereocenters. The molecule has 9 amide bonds. The monoisotopic (exact) mass is 1250 g/mol. The van der Waals surface area contributed by atoms with Crippen molar-refractivity contribution >= 4 is 90.2 Å². The van der Waals surface area contributed by atoms with Crippen LogP contribution in [0.5, 0.6) is 5.75 Å². The molecule has 482 valence electrons. The number of esters is 1. The van der Waals surface area contributed by atoms with Crippen molar-refractivity contribution in [3.8, 4) is 5.75 Å². The number of aliphatic hydroxyl groups is 1. The number of primary amides is 1. The van der Waals surface area contributed by atoms with Crippen LogP contribution in [0.2, 0.25) is 5.02 Å². The van der Waals surface area contributed by atoms with Crippen molar-refractivity contribution in [1.29, 1.82) is 0 Å². The SMILES string of the molecule is BC(=O)CCCCC(=O)N[C@H](C(=O)N[C@@H](CCCNC(N)=O)C(=O)Nc1ccc(COC(=O)N(C)CCC(=O)N(C)CC(=O)O[C@H]2CC(=O)N(C)c3cc(cc(OC)c3Cl)C/C(C)=C/C=C/[C@@H](OC)[C@@]3(O)C[C@H](OC(=O)N3)[C@@H](C)[C@@H]3O[C@@]23C)cc1)C(C)C. The van der Waals surface area contributed by atoms with Gasteiger partial charge in [0.15, 0.2) is 13.6 Å². The standard InChI is InChI=1S/C60H85BClN9O17/c1-34(2)52(67-47(73)19-12-11-18-46(61)72)55(78)66-40(16-14-25-64-56(63)79)54(77)65-39-22-20-37(21-23-39)33-85-58(81)69(6)26-24-48(74)70(7)32-50(76)87-45-30-49(75)71(8)41-28-38(29-42(83-9)51(41)62)27-35(3)15-13-17-44(84-10)60(82)31-43(86-57(80)68-60)36(4)53-59(45,5)88-53/h13,15,17,20-23,28-29,34,36,40,43-45,52-53,82H,11-12,14,16,18-19,24-27,30-33,61H2,1-10H3,(H,65,77)(H,66,78)(H,67,73)(H,68,80)(H3,63,64,79)/b17-13+,35-15+/t36-,40+,43+,44-,45+,52+,53+,59+,60+/m1/s1. The number of hydrogen-bond donors (Lipinski definition) is 7. The van der Waals surface area contributed by atoms with Crippen molar-refractivity contribution in [3.63, 3.8) is 0 Å². The number of methoxy groups -OCH3 is 2. The lowest BCUT2D eigenvalue weighted by Gasteiger charge is -2.42. The first-order chi connectivity index (χ1) is 41.5. The Labute approximate surface area is 519 Å². The minimum absolute atomic E-state index is 0.0181. The molecular formula is C60H85BClN9O17. The zero-order chi connectivity index (χ0) is 65.2. The zero-order valence-corrected chi connectivity index (χ0v) is 52.7. The Bertz CT molecular complexity index is 2930. The average Bonchev–Trinajstić information content (AvgIpc) is 1.58. The fraction of sp³-hybridized carbons (Fsp3) is 0.567. The van der Waals surface area contributed by atoms with Gasteiger partial charge in [0.25, 0.3) is 0 Å². The number of carbonyl (C=O) groups excluding carboxylic acids is 10. The van der Waals surface area contributed by atoms with Gasteiger partial charge in [0.05, 0.1) is 31.0 Å². The molecule has 2 aromatic carbocycles. The topological polar surface area (TPSA) is 345 Å². The van der Waals surface area contributed by atoms with Gasteiger partial charge in [-0.15, -0.1) is 0 Å². The van der Waals surface area contributed by atoms with Crippen LogP contribution in [0.3, 0.4) is 0 Å². The molecule has 5 rings (SSSR count). The van der Waals surface area contributed by atoms with E-state index in [1.54, 1.807) is 76.2 Å². The van der Waals surface area contributed by atoms with Gasteiger partial charge in [-0.1, -0.05) is 68.3 Å². The molecule has 26 nitrogen and oxygen atoms in total. The number of halogens is 1. The van der Waals surface area contributed by atoms with Crippen LogP contribution in [0.1, 0.15) is 104 Å². The highest BCUT2D eigenvalue weighted by atomic mass is 35.5. The van der Waals surface area contributed by atoms with Crippen LogP contribution >= 0.6 is 11.6 Å². The molecule has 28 heteroatoms. The Morgan fingerprint density at radius 2 is 1.67 bits per heavy atom. The Morgan fingerprint density at radius 3 is 2.32 bits per heavy atom. The van der Waals surface area contributed by atoms with E-state index in [0.717, 1.165) is 16.0 Å². The number of ether oxygens (including phenoxy) is 6. The molecule has 0 aromatic heterocycles. The summed E-state index contributed by atoms with van der Waals surface area (Å²) in [6.45, 7) is 8.06. The number of epoxide rings is 1. The fourth-order valence-electron chi connectivity index (χ4n) is 10.3. The number of rotatable bonds is 25. The predicted molar refractivity (Wildman–Crippen MR) is 326 cm³/mol. The number of urea groups is 1. The van der Waals surface area contributed by atoms with Gasteiger partial charge >= 0.3 is 24.2 Å². The first kappa shape index (κ1) is 71.0. The third-order valence-corrected chi connectivity index (χ3v) is 16.0. The number of alkyl carbamates (subject to hydrolysis) is 1. The summed E-state index contributed by atoms with van der Waals surface area (Å²) >= 11 is 6.81. The van der Waals surface area contributed by atoms with Crippen LogP contribution < -0.4 is 42.0 Å². The lowest BCUT2D eigenvalue weighted by molar-refractivity contribution is -0.157. The molecule has 3 aliphatic rings. The second-order valence-corrected chi connectivity index (χ2v) is 23.5. The number of fused-ring (bicyclic) bond motifs is 5. The number of amides is 9. The zero-order valence-electron chi connectivity index (χ0n) is 52.0. The molecule has 8 N–H and O–H groups in total. The maximum absolute atomic E-state index is 14.4. The number of likely N-dealkylation sites (N-methyl/N-ethyl adjacent to an activating group) is 1. The highest BCUT2D eigenvalue weighted by Gasteiger charge is 2.64. The maximum atomic E-state index is 14.4. The van der Waals surface area contributed by atoms with Crippen molar-refractivity contribution in [1.82, 2.24) is 31.1 Å². The van der Waals surface area contributed by atoms with Crippen LogP contribution in [-0.2, 0) is 70.3 Å². The van der Waals surface area contributed by atoms with Gasteiger partial charge in [-0.25, -0.2) is 14.4 Å². The molecule has 4 bridgehead atoms. The molecule has 3 aliphatic heterocycles. The highest BCUT2D eigenvalue weighted by Crippen LogP contribution is 2.49. The van der Waals surface area contributed by atoms with Crippen molar-refractivity contribution in [2.75, 3.05) is 65.2 Å². The molecule has 2 aromatic rings. The first-order valence-corrected chi connectivity index (χ1v) is 29.6. The molecule has 88 heavy (non-hydrogen) atoms. The van der Waals surface area contributed by atoms with Gasteiger partial charge in [0.2, 0.25) is 29.5 Å². The number of nitrogens with two attached hydrogens (primary N) is 1. The van der Waals surface area contributed by atoms with E-state index in [9.17, 15) is 53.1 Å². The van der Waals surface area contributed by atoms with Gasteiger partial charge in [0.1, 0.15) is 59.9 Å². The lowest BCUT2D eigenvalue weighted by Crippen LogP contribution is -2.63. The van der Waals surface area contributed by atoms with E-state index in [4.69, 9.17) is 45.8 Å². The number of benzene rings is 2. The molecule has 2 fully saturated rings. The summed E-state index contributed by atoms with van der Waals surface area (Å²) in [5.41, 5.74) is 4.81. The number of unbranched alkanes of at least 4 members (excludes halogenated alkanes) is 1. The van der Waals surface area contributed by atoms with E-state index in [1.165, 1.54) is 53.0 Å². The molecule has 0 radical (unpaired) electrons. The average molecular weight is 1250 g/mol. The second-order valence-electron chi connectivity index (χ2n) is 23.1. The Hall–Kier alpha value is -7.75. The maximum Gasteiger partial charge on any atom is 0.409 e. The van der Waals surface area contributed by atoms with Crippen molar-refractivity contribution in [2.45, 2.75) is 153 Å². The Balaban J connectivity index is 1.19. The van der Waals surface area contributed by atoms with E-state index >= 15 is 0 Å². The molecule has 0 saturated carbocycles. The van der Waals surface area contributed by atoms with Crippen molar-refractivity contribution in [3.05, 3.63) is 76.3 Å². The molecule has 2 saturated heterocycles. The number of hydrogen-bond acceptors (Lipinski definition) is 17. The number of carbonyl (C=O) groups is 10. The number of nitrogens with zero attached hydrogens (tertiary/aromatic N) is 3. The molecular weight excluding hydrogens is 1160 g/mol. The summed E-state index contributed by atoms with van der Waals surface area (Å²) in [4.78, 5) is 134. The van der Waals surface area contributed by atoms with Gasteiger partial charge in [0, 0.05) is 72.2 Å². The van der Waals surface area contributed by atoms with E-state index in [0.29, 0.717) is 48.4 Å². The first-order valence-electron chi connectivity index (χ1n) is 29.2. The van der Waals surface area contributed by atoms with E-state index in [-0.39, 0.29) is 74.3 Å². The number of anilines is 2. The minimum atomic E-state index is -1.90. The largest absolute Gasteiger partial charge is 0.495 e. The third kappa shape index (κ3) is 20.4. The summed E-state index contributed by atoms with van der Waals surface area (Å²) in [5, 5.41) is 25.2. The normalized spacial score (nSPS) is 23.4. The van der Waals surface area contributed by atoms with Crippen LogP contribution in [0.25, 0.3) is 0 Å². The minimum Gasteiger partial charge on any atom is -0.495 e. The smallest absolute Gasteiger partial charge is 0.409 e. The quantitative estimate of drug-likeness (QED) is 0.0246. The van der Waals surface area contributed by atoms with Crippen LogP contribution in [0, 0.1) is 11.8 Å². The summed E-state index contributed by atoms with van der Waals surface area (Å²) in [5.74, 6) is -4.13. The lowest BCUT2D eigenvalue weighted by atomic mass is 9.83. The molecule has 3 heterocycles. The predicted octanol–water partition coefficient (Wildman–Crippen LogP) is 3.52. The number of nitrogens with one attached hydrogen (secondary N) is 5. The fourth-order valence-corrected chi connectivity index (χ4v) is 10.6. The van der Waals surface area contributed by atoms with Crippen LogP contribution in [0.4, 0.5) is 25.8 Å². The van der Waals surface area contributed by atoms with Crippen LogP contribution in [-0.4, -0.2) is 185 Å². The highest BCUT2D eigenvalue weighted by molar-refractivity contribution is 6.57. The summed E-state index contributed by atoms with van der Waals surface area (Å²) in [6, 6.07) is 7.03. The third-order valence-electron chi connectivity index (χ3n) is 15.6.